The number of aryl methyl sites for hydroxylation is 1. The van der Waals surface area contributed by atoms with Crippen LogP contribution in [0.15, 0.2) is 23.0 Å². The summed E-state index contributed by atoms with van der Waals surface area (Å²) in [7, 11) is 0. The average molecular weight is 319 g/mol. The molecule has 4 nitrogen and oxygen atoms in total. The third kappa shape index (κ3) is 4.04. The number of hydrogen-bond acceptors (Lipinski definition) is 3. The molecule has 4 heteroatoms. The van der Waals surface area contributed by atoms with Crippen molar-refractivity contribution >= 4 is 5.97 Å². The SMILES string of the molecule is Cc1cccc(=O)n1C(C)C(=O)OC1CC(C)CCC1C(C)C. The predicted molar refractivity (Wildman–Crippen MR) is 91.4 cm³/mol. The minimum Gasteiger partial charge on any atom is -0.461 e. The zero-order valence-corrected chi connectivity index (χ0v) is 14.9. The highest BCUT2D eigenvalue weighted by atomic mass is 16.5. The van der Waals surface area contributed by atoms with Crippen LogP contribution in [0.1, 0.15) is 58.7 Å². The summed E-state index contributed by atoms with van der Waals surface area (Å²) in [6, 6.07) is 4.44. The first-order valence-electron chi connectivity index (χ1n) is 8.70. The van der Waals surface area contributed by atoms with Gasteiger partial charge in [0.05, 0.1) is 0 Å². The van der Waals surface area contributed by atoms with Crippen molar-refractivity contribution in [1.29, 1.82) is 0 Å². The van der Waals surface area contributed by atoms with E-state index in [1.165, 1.54) is 17.1 Å². The summed E-state index contributed by atoms with van der Waals surface area (Å²) >= 11 is 0. The molecular weight excluding hydrogens is 290 g/mol. The Labute approximate surface area is 138 Å². The van der Waals surface area contributed by atoms with Gasteiger partial charge in [0.25, 0.3) is 5.56 Å². The number of ether oxygens (including phenoxy) is 1. The van der Waals surface area contributed by atoms with Crippen LogP contribution in [0.5, 0.6) is 0 Å². The monoisotopic (exact) mass is 319 g/mol. The summed E-state index contributed by atoms with van der Waals surface area (Å²) in [6.45, 7) is 10.2. The topological polar surface area (TPSA) is 48.3 Å². The second-order valence-corrected chi connectivity index (χ2v) is 7.35. The van der Waals surface area contributed by atoms with Gasteiger partial charge in [-0.1, -0.05) is 33.3 Å². The van der Waals surface area contributed by atoms with Gasteiger partial charge in [0.15, 0.2) is 0 Å². The van der Waals surface area contributed by atoms with E-state index in [1.807, 2.05) is 13.0 Å². The zero-order chi connectivity index (χ0) is 17.1. The van der Waals surface area contributed by atoms with Gasteiger partial charge in [-0.25, -0.2) is 4.79 Å². The van der Waals surface area contributed by atoms with Crippen molar-refractivity contribution in [3.63, 3.8) is 0 Å². The van der Waals surface area contributed by atoms with Crippen LogP contribution in [0.25, 0.3) is 0 Å². The summed E-state index contributed by atoms with van der Waals surface area (Å²) in [5.74, 6) is 1.19. The van der Waals surface area contributed by atoms with Gasteiger partial charge >= 0.3 is 5.97 Å². The Morgan fingerprint density at radius 3 is 2.57 bits per heavy atom. The molecule has 0 radical (unpaired) electrons. The fraction of sp³-hybridized carbons (Fsp3) is 0.684. The third-order valence-corrected chi connectivity index (χ3v) is 5.15. The fourth-order valence-corrected chi connectivity index (χ4v) is 3.70. The van der Waals surface area contributed by atoms with E-state index >= 15 is 0 Å². The number of hydrogen-bond donors (Lipinski definition) is 0. The molecule has 1 aromatic rings. The second kappa shape index (κ2) is 7.33. The lowest BCUT2D eigenvalue weighted by Gasteiger charge is -2.37. The lowest BCUT2D eigenvalue weighted by Crippen LogP contribution is -2.38. The molecular formula is C19H29NO3. The lowest BCUT2D eigenvalue weighted by molar-refractivity contribution is -0.159. The smallest absolute Gasteiger partial charge is 0.329 e. The summed E-state index contributed by atoms with van der Waals surface area (Å²) in [5.41, 5.74) is 0.617. The predicted octanol–water partition coefficient (Wildman–Crippen LogP) is 3.72. The van der Waals surface area contributed by atoms with Crippen LogP contribution in [0.4, 0.5) is 0 Å². The highest BCUT2D eigenvalue weighted by Gasteiger charge is 2.34. The Morgan fingerprint density at radius 2 is 1.96 bits per heavy atom. The summed E-state index contributed by atoms with van der Waals surface area (Å²) < 4.78 is 7.38. The van der Waals surface area contributed by atoms with Crippen LogP contribution in [-0.2, 0) is 9.53 Å². The largest absolute Gasteiger partial charge is 0.461 e. The van der Waals surface area contributed by atoms with Gasteiger partial charge in [-0.3, -0.25) is 9.36 Å². The molecule has 0 spiro atoms. The molecule has 1 fully saturated rings. The number of aromatic nitrogens is 1. The molecule has 1 aromatic heterocycles. The van der Waals surface area contributed by atoms with Crippen molar-refractivity contribution in [2.24, 2.45) is 17.8 Å². The van der Waals surface area contributed by atoms with Crippen molar-refractivity contribution in [3.8, 4) is 0 Å². The second-order valence-electron chi connectivity index (χ2n) is 7.35. The van der Waals surface area contributed by atoms with Crippen LogP contribution in [0.3, 0.4) is 0 Å². The first kappa shape index (κ1) is 17.8. The standard InChI is InChI=1S/C19H29NO3/c1-12(2)16-10-9-13(3)11-17(16)23-19(22)15(5)20-14(4)7-6-8-18(20)21/h6-8,12-13,15-17H,9-11H2,1-5H3. The van der Waals surface area contributed by atoms with E-state index in [0.29, 0.717) is 17.8 Å². The van der Waals surface area contributed by atoms with Gasteiger partial charge in [0, 0.05) is 11.8 Å². The van der Waals surface area contributed by atoms with E-state index in [1.54, 1.807) is 13.0 Å². The zero-order valence-electron chi connectivity index (χ0n) is 14.9. The number of carbonyl (C=O) groups excluding carboxylic acids is 1. The van der Waals surface area contributed by atoms with Crippen molar-refractivity contribution in [3.05, 3.63) is 34.2 Å². The average Bonchev–Trinajstić information content (AvgIpc) is 2.46. The van der Waals surface area contributed by atoms with E-state index in [2.05, 4.69) is 20.8 Å². The molecule has 1 aliphatic rings. The molecule has 4 unspecified atom stereocenters. The number of pyridine rings is 1. The highest BCUT2D eigenvalue weighted by molar-refractivity contribution is 5.74. The molecule has 0 aromatic carbocycles. The summed E-state index contributed by atoms with van der Waals surface area (Å²) in [6.07, 6.45) is 3.19. The van der Waals surface area contributed by atoms with Crippen molar-refractivity contribution < 1.29 is 9.53 Å². The van der Waals surface area contributed by atoms with Crippen LogP contribution < -0.4 is 5.56 Å². The van der Waals surface area contributed by atoms with Crippen LogP contribution in [0.2, 0.25) is 0 Å². The molecule has 128 valence electrons. The first-order valence-corrected chi connectivity index (χ1v) is 8.70. The van der Waals surface area contributed by atoms with Gasteiger partial charge in [0.2, 0.25) is 0 Å². The minimum atomic E-state index is -0.589. The Morgan fingerprint density at radius 1 is 1.26 bits per heavy atom. The molecule has 1 saturated carbocycles. The van der Waals surface area contributed by atoms with Gasteiger partial charge < -0.3 is 4.74 Å². The summed E-state index contributed by atoms with van der Waals surface area (Å²) in [5, 5.41) is 0. The van der Waals surface area contributed by atoms with Crippen LogP contribution in [-0.4, -0.2) is 16.6 Å². The van der Waals surface area contributed by atoms with Crippen molar-refractivity contribution in [1.82, 2.24) is 4.57 Å². The molecule has 23 heavy (non-hydrogen) atoms. The summed E-state index contributed by atoms with van der Waals surface area (Å²) in [4.78, 5) is 24.7. The van der Waals surface area contributed by atoms with Gasteiger partial charge in [0.1, 0.15) is 12.1 Å². The molecule has 1 aliphatic carbocycles. The maximum atomic E-state index is 12.6. The lowest BCUT2D eigenvalue weighted by atomic mass is 9.75. The highest BCUT2D eigenvalue weighted by Crippen LogP contribution is 2.35. The van der Waals surface area contributed by atoms with E-state index in [-0.39, 0.29) is 17.6 Å². The molecule has 0 N–H and O–H groups in total. The number of esters is 1. The molecule has 0 saturated heterocycles. The quantitative estimate of drug-likeness (QED) is 0.795. The van der Waals surface area contributed by atoms with Gasteiger partial charge in [-0.2, -0.15) is 0 Å². The Balaban J connectivity index is 2.15. The Bertz CT molecular complexity index is 605. The maximum Gasteiger partial charge on any atom is 0.329 e. The minimum absolute atomic E-state index is 0.0339. The van der Waals surface area contributed by atoms with Gasteiger partial charge in [-0.05, 0) is 50.5 Å². The number of rotatable bonds is 4. The van der Waals surface area contributed by atoms with Crippen LogP contribution in [0, 0.1) is 24.7 Å². The Kier molecular flexibility index (Phi) is 5.66. The normalized spacial score (nSPS) is 26.1. The van der Waals surface area contributed by atoms with E-state index in [4.69, 9.17) is 4.74 Å². The van der Waals surface area contributed by atoms with E-state index < -0.39 is 6.04 Å². The number of carbonyl (C=O) groups is 1. The number of nitrogens with zero attached hydrogens (tertiary/aromatic N) is 1. The van der Waals surface area contributed by atoms with Crippen LogP contribution >= 0.6 is 0 Å². The maximum absolute atomic E-state index is 12.6. The third-order valence-electron chi connectivity index (χ3n) is 5.15. The molecule has 0 aliphatic heterocycles. The Hall–Kier alpha value is -1.58. The van der Waals surface area contributed by atoms with E-state index in [0.717, 1.165) is 18.5 Å². The fourth-order valence-electron chi connectivity index (χ4n) is 3.70. The molecule has 4 atom stereocenters. The van der Waals surface area contributed by atoms with Crippen molar-refractivity contribution in [2.45, 2.75) is 66.0 Å². The molecule has 2 rings (SSSR count). The molecule has 0 amide bonds. The molecule has 1 heterocycles. The first-order chi connectivity index (χ1) is 10.8. The van der Waals surface area contributed by atoms with E-state index in [9.17, 15) is 9.59 Å². The van der Waals surface area contributed by atoms with Crippen molar-refractivity contribution in [2.75, 3.05) is 0 Å². The molecule has 0 bridgehead atoms. The van der Waals surface area contributed by atoms with Gasteiger partial charge in [-0.15, -0.1) is 0 Å².